The molecule has 96 valence electrons. The number of nitrogens with zero attached hydrogens (tertiary/aromatic N) is 1. The Bertz CT molecular complexity index is 512. The zero-order valence-corrected chi connectivity index (χ0v) is 11.6. The van der Waals surface area contributed by atoms with Crippen LogP contribution in [0.2, 0.25) is 4.47 Å². The smallest absolute Gasteiger partial charge is 0.321 e. The summed E-state index contributed by atoms with van der Waals surface area (Å²) >= 11 is 6.45. The first-order valence-corrected chi connectivity index (χ1v) is 7.32. The fourth-order valence-electron chi connectivity index (χ4n) is 1.03. The third-order valence-corrected chi connectivity index (χ3v) is 4.96. The van der Waals surface area contributed by atoms with Crippen LogP contribution in [0, 0.1) is 6.92 Å². The van der Waals surface area contributed by atoms with Crippen LogP contribution in [-0.2, 0) is 19.6 Å². The number of hydrogen-bond acceptors (Lipinski definition) is 6. The van der Waals surface area contributed by atoms with Crippen LogP contribution in [0.25, 0.3) is 0 Å². The highest BCUT2D eigenvalue weighted by molar-refractivity contribution is 7.91. The van der Waals surface area contributed by atoms with Gasteiger partial charge >= 0.3 is 5.97 Å². The normalized spacial score (nSPS) is 11.5. The van der Waals surface area contributed by atoms with Crippen molar-refractivity contribution in [3.05, 3.63) is 10.2 Å². The van der Waals surface area contributed by atoms with Gasteiger partial charge in [-0.1, -0.05) is 22.9 Å². The molecule has 1 N–H and O–H groups in total. The van der Waals surface area contributed by atoms with Gasteiger partial charge in [-0.15, -0.1) is 0 Å². The van der Waals surface area contributed by atoms with Gasteiger partial charge in [0, 0.05) is 0 Å². The topological polar surface area (TPSA) is 85.4 Å². The number of carbonyl (C=O) groups excluding carboxylic acids is 1. The first-order chi connectivity index (χ1) is 7.86. The van der Waals surface area contributed by atoms with E-state index in [1.54, 1.807) is 6.92 Å². The van der Waals surface area contributed by atoms with Crippen LogP contribution >= 0.6 is 22.9 Å². The molecule has 0 unspecified atom stereocenters. The van der Waals surface area contributed by atoms with Crippen molar-refractivity contribution in [2.45, 2.75) is 18.1 Å². The Morgan fingerprint density at radius 2 is 2.24 bits per heavy atom. The molecule has 0 aromatic carbocycles. The fourth-order valence-corrected chi connectivity index (χ4v) is 3.78. The van der Waals surface area contributed by atoms with Gasteiger partial charge in [-0.25, -0.2) is 13.4 Å². The van der Waals surface area contributed by atoms with Crippen LogP contribution in [0.1, 0.15) is 12.6 Å². The molecule has 0 bridgehead atoms. The van der Waals surface area contributed by atoms with Crippen LogP contribution in [-0.4, -0.2) is 32.5 Å². The Kier molecular flexibility index (Phi) is 4.87. The van der Waals surface area contributed by atoms with Crippen molar-refractivity contribution in [2.24, 2.45) is 0 Å². The summed E-state index contributed by atoms with van der Waals surface area (Å²) in [6.07, 6.45) is 0. The van der Waals surface area contributed by atoms with E-state index in [1.165, 1.54) is 6.92 Å². The van der Waals surface area contributed by atoms with Crippen LogP contribution < -0.4 is 4.72 Å². The number of sulfonamides is 1. The van der Waals surface area contributed by atoms with E-state index in [1.807, 2.05) is 0 Å². The van der Waals surface area contributed by atoms with Gasteiger partial charge in [0.05, 0.1) is 12.3 Å². The summed E-state index contributed by atoms with van der Waals surface area (Å²) in [5.74, 6) is -0.635. The largest absolute Gasteiger partial charge is 0.465 e. The zero-order valence-electron chi connectivity index (χ0n) is 9.19. The molecule has 0 saturated heterocycles. The number of thiazole rings is 1. The van der Waals surface area contributed by atoms with Crippen LogP contribution in [0.15, 0.2) is 4.21 Å². The quantitative estimate of drug-likeness (QED) is 0.818. The van der Waals surface area contributed by atoms with Crippen molar-refractivity contribution >= 4 is 38.9 Å². The lowest BCUT2D eigenvalue weighted by atomic mass is 10.6. The summed E-state index contributed by atoms with van der Waals surface area (Å²) < 4.78 is 30.4. The first kappa shape index (κ1) is 14.4. The highest BCUT2D eigenvalue weighted by Crippen LogP contribution is 2.26. The molecule has 1 rings (SSSR count). The van der Waals surface area contributed by atoms with E-state index in [4.69, 9.17) is 11.6 Å². The molecule has 6 nitrogen and oxygen atoms in total. The molecule has 0 radical (unpaired) electrons. The van der Waals surface area contributed by atoms with Crippen molar-refractivity contribution in [1.29, 1.82) is 0 Å². The number of hydrogen-bond donors (Lipinski definition) is 1. The minimum Gasteiger partial charge on any atom is -0.465 e. The minimum absolute atomic E-state index is 0.00629. The molecule has 1 aromatic heterocycles. The van der Waals surface area contributed by atoms with Gasteiger partial charge in [0.25, 0.3) is 10.0 Å². The molecule has 0 saturated carbocycles. The second-order valence-electron chi connectivity index (χ2n) is 2.97. The number of carbonyl (C=O) groups is 1. The number of esters is 1. The first-order valence-electron chi connectivity index (χ1n) is 4.65. The predicted octanol–water partition coefficient (Wildman–Crippen LogP) is 0.946. The Morgan fingerprint density at radius 1 is 1.59 bits per heavy atom. The lowest BCUT2D eigenvalue weighted by Crippen LogP contribution is -2.30. The molecule has 0 spiro atoms. The molecule has 17 heavy (non-hydrogen) atoms. The highest BCUT2D eigenvalue weighted by atomic mass is 35.5. The van der Waals surface area contributed by atoms with E-state index in [2.05, 4.69) is 14.4 Å². The lowest BCUT2D eigenvalue weighted by molar-refractivity contribution is -0.141. The molecule has 1 heterocycles. The third kappa shape index (κ3) is 3.91. The maximum Gasteiger partial charge on any atom is 0.321 e. The number of nitrogens with one attached hydrogen (secondary N) is 1. The van der Waals surface area contributed by atoms with E-state index in [0.29, 0.717) is 5.69 Å². The maximum absolute atomic E-state index is 11.8. The van der Waals surface area contributed by atoms with Crippen LogP contribution in [0.5, 0.6) is 0 Å². The molecule has 1 aromatic rings. The van der Waals surface area contributed by atoms with E-state index >= 15 is 0 Å². The highest BCUT2D eigenvalue weighted by Gasteiger charge is 2.22. The van der Waals surface area contributed by atoms with Gasteiger partial charge in [0.15, 0.2) is 8.68 Å². The fraction of sp³-hybridized carbons (Fsp3) is 0.500. The summed E-state index contributed by atoms with van der Waals surface area (Å²) in [5, 5.41) is 0. The molecular weight excluding hydrogens is 288 g/mol. The SMILES string of the molecule is CCOC(=O)CNS(=O)(=O)c1sc(Cl)nc1C. The second kappa shape index (κ2) is 5.76. The van der Waals surface area contributed by atoms with Crippen molar-refractivity contribution < 1.29 is 17.9 Å². The van der Waals surface area contributed by atoms with Gasteiger partial charge in [-0.3, -0.25) is 4.79 Å². The molecule has 0 fully saturated rings. The Hall–Kier alpha value is -0.700. The Balaban J connectivity index is 2.76. The third-order valence-electron chi connectivity index (χ3n) is 1.68. The van der Waals surface area contributed by atoms with Gasteiger partial charge in [0.2, 0.25) is 0 Å². The summed E-state index contributed by atoms with van der Waals surface area (Å²) in [6.45, 7) is 2.96. The number of aromatic nitrogens is 1. The minimum atomic E-state index is -3.76. The summed E-state index contributed by atoms with van der Waals surface area (Å²) in [4.78, 5) is 14.8. The van der Waals surface area contributed by atoms with Gasteiger partial charge in [-0.2, -0.15) is 4.72 Å². The summed E-state index contributed by atoms with van der Waals surface area (Å²) in [6, 6.07) is 0. The molecule has 0 atom stereocenters. The van der Waals surface area contributed by atoms with Gasteiger partial charge < -0.3 is 4.74 Å². The summed E-state index contributed by atoms with van der Waals surface area (Å²) in [5.41, 5.74) is 0.302. The van der Waals surface area contributed by atoms with Crippen molar-refractivity contribution in [2.75, 3.05) is 13.2 Å². The van der Waals surface area contributed by atoms with E-state index in [0.717, 1.165) is 11.3 Å². The van der Waals surface area contributed by atoms with Crippen molar-refractivity contribution in [3.8, 4) is 0 Å². The van der Waals surface area contributed by atoms with Gasteiger partial charge in [-0.05, 0) is 13.8 Å². The molecule has 0 aliphatic heterocycles. The van der Waals surface area contributed by atoms with Crippen molar-refractivity contribution in [3.63, 3.8) is 0 Å². The van der Waals surface area contributed by atoms with Crippen molar-refractivity contribution in [1.82, 2.24) is 9.71 Å². The maximum atomic E-state index is 11.8. The summed E-state index contributed by atoms with van der Waals surface area (Å²) in [7, 11) is -3.76. The Morgan fingerprint density at radius 3 is 2.71 bits per heavy atom. The average Bonchev–Trinajstić information content (AvgIpc) is 2.56. The average molecular weight is 299 g/mol. The number of halogens is 1. The number of aryl methyl sites for hydroxylation is 1. The predicted molar refractivity (Wildman–Crippen MR) is 63.7 cm³/mol. The van der Waals surface area contributed by atoms with E-state index in [-0.39, 0.29) is 15.3 Å². The van der Waals surface area contributed by atoms with Crippen LogP contribution in [0.4, 0.5) is 0 Å². The molecule has 0 aliphatic rings. The molecule has 0 amide bonds. The Labute approximate surface area is 108 Å². The lowest BCUT2D eigenvalue weighted by Gasteiger charge is -2.04. The molecule has 9 heteroatoms. The molecule has 0 aliphatic carbocycles. The second-order valence-corrected chi connectivity index (χ2v) is 6.51. The van der Waals surface area contributed by atoms with E-state index in [9.17, 15) is 13.2 Å². The van der Waals surface area contributed by atoms with Crippen LogP contribution in [0.3, 0.4) is 0 Å². The number of ether oxygens (including phenoxy) is 1. The standard InChI is InChI=1S/C8H11ClN2O4S2/c1-3-15-6(12)4-10-17(13,14)7-5(2)11-8(9)16-7/h10H,3-4H2,1-2H3. The monoisotopic (exact) mass is 298 g/mol. The van der Waals surface area contributed by atoms with E-state index < -0.39 is 22.5 Å². The van der Waals surface area contributed by atoms with Gasteiger partial charge in [0.1, 0.15) is 6.54 Å². The zero-order chi connectivity index (χ0) is 13.1. The molecular formula is C8H11ClN2O4S2. The number of rotatable bonds is 5.